The third-order valence-electron chi connectivity index (χ3n) is 3.34. The molecule has 16 heavy (non-hydrogen) atoms. The molecule has 2 nitrogen and oxygen atoms in total. The second kappa shape index (κ2) is 5.46. The minimum absolute atomic E-state index is 0.311. The van der Waals surface area contributed by atoms with Crippen molar-refractivity contribution in [1.29, 1.82) is 0 Å². The highest BCUT2D eigenvalue weighted by molar-refractivity contribution is 5.14. The molecule has 1 saturated carbocycles. The van der Waals surface area contributed by atoms with Crippen LogP contribution in [0.15, 0.2) is 30.3 Å². The lowest BCUT2D eigenvalue weighted by atomic mass is 10.1. The average molecular weight is 218 g/mol. The summed E-state index contributed by atoms with van der Waals surface area (Å²) in [4.78, 5) is 2.41. The molecule has 0 bridgehead atoms. The number of nitrogens with two attached hydrogens (primary N) is 1. The molecule has 2 heteroatoms. The van der Waals surface area contributed by atoms with E-state index in [0.29, 0.717) is 6.04 Å². The van der Waals surface area contributed by atoms with E-state index in [4.69, 9.17) is 5.73 Å². The summed E-state index contributed by atoms with van der Waals surface area (Å²) in [6, 6.07) is 11.7. The van der Waals surface area contributed by atoms with Crippen LogP contribution in [0.2, 0.25) is 0 Å². The van der Waals surface area contributed by atoms with Gasteiger partial charge in [0, 0.05) is 18.6 Å². The van der Waals surface area contributed by atoms with E-state index in [9.17, 15) is 0 Å². The smallest absolute Gasteiger partial charge is 0.0170 e. The fourth-order valence-corrected chi connectivity index (χ4v) is 2.12. The van der Waals surface area contributed by atoms with Crippen molar-refractivity contribution < 1.29 is 0 Å². The Balaban J connectivity index is 1.69. The molecular weight excluding hydrogens is 196 g/mol. The van der Waals surface area contributed by atoms with Crippen LogP contribution in [-0.4, -0.2) is 30.6 Å². The Morgan fingerprint density at radius 1 is 1.31 bits per heavy atom. The highest BCUT2D eigenvalue weighted by Crippen LogP contribution is 2.25. The number of rotatable bonds is 6. The lowest BCUT2D eigenvalue weighted by Crippen LogP contribution is -2.36. The van der Waals surface area contributed by atoms with Gasteiger partial charge >= 0.3 is 0 Å². The fourth-order valence-electron chi connectivity index (χ4n) is 2.12. The summed E-state index contributed by atoms with van der Waals surface area (Å²) in [6.07, 6.45) is 4.91. The lowest BCUT2D eigenvalue weighted by molar-refractivity contribution is 0.295. The number of nitrogens with zero attached hydrogens (tertiary/aromatic N) is 1. The van der Waals surface area contributed by atoms with Crippen LogP contribution in [0.4, 0.5) is 0 Å². The molecule has 1 atom stereocenters. The van der Waals surface area contributed by atoms with E-state index in [1.807, 2.05) is 0 Å². The van der Waals surface area contributed by atoms with Gasteiger partial charge in [0.2, 0.25) is 0 Å². The molecule has 0 radical (unpaired) electrons. The summed E-state index contributed by atoms with van der Waals surface area (Å²) in [6.45, 7) is 1.04. The van der Waals surface area contributed by atoms with Gasteiger partial charge in [-0.1, -0.05) is 30.3 Å². The third kappa shape index (κ3) is 3.62. The molecule has 1 aliphatic carbocycles. The highest BCUT2D eigenvalue weighted by Gasteiger charge is 2.26. The zero-order chi connectivity index (χ0) is 11.4. The van der Waals surface area contributed by atoms with Crippen molar-refractivity contribution in [3.63, 3.8) is 0 Å². The molecule has 0 amide bonds. The number of aryl methyl sites for hydroxylation is 1. The van der Waals surface area contributed by atoms with Crippen molar-refractivity contribution >= 4 is 0 Å². The molecule has 0 aromatic heterocycles. The van der Waals surface area contributed by atoms with Gasteiger partial charge < -0.3 is 10.6 Å². The Bertz CT molecular complexity index is 306. The van der Waals surface area contributed by atoms with Crippen LogP contribution >= 0.6 is 0 Å². The number of hydrogen-bond donors (Lipinski definition) is 1. The van der Waals surface area contributed by atoms with Gasteiger partial charge in [-0.25, -0.2) is 0 Å². The number of likely N-dealkylation sites (N-methyl/N-ethyl adjacent to an activating group) is 1. The van der Waals surface area contributed by atoms with Crippen LogP contribution in [0, 0.1) is 0 Å². The van der Waals surface area contributed by atoms with Crippen LogP contribution < -0.4 is 5.73 Å². The predicted octanol–water partition coefficient (Wildman–Crippen LogP) is 2.04. The van der Waals surface area contributed by atoms with Gasteiger partial charge in [0.25, 0.3) is 0 Å². The van der Waals surface area contributed by atoms with Crippen LogP contribution in [0.25, 0.3) is 0 Å². The summed E-state index contributed by atoms with van der Waals surface area (Å²) in [5.74, 6) is 0. The summed E-state index contributed by atoms with van der Waals surface area (Å²) >= 11 is 0. The minimum Gasteiger partial charge on any atom is -0.327 e. The Hall–Kier alpha value is -0.860. The molecule has 0 saturated heterocycles. The monoisotopic (exact) mass is 218 g/mol. The van der Waals surface area contributed by atoms with Crippen molar-refractivity contribution in [2.24, 2.45) is 5.73 Å². The number of benzene rings is 1. The molecular formula is C14H22N2. The molecule has 88 valence electrons. The molecule has 1 fully saturated rings. The summed E-state index contributed by atoms with van der Waals surface area (Å²) in [5, 5.41) is 0. The first-order valence-electron chi connectivity index (χ1n) is 6.25. The van der Waals surface area contributed by atoms with E-state index in [-0.39, 0.29) is 0 Å². The average Bonchev–Trinajstić information content (AvgIpc) is 3.11. The Kier molecular flexibility index (Phi) is 3.97. The van der Waals surface area contributed by atoms with Gasteiger partial charge in [0.1, 0.15) is 0 Å². The first kappa shape index (κ1) is 11.6. The van der Waals surface area contributed by atoms with E-state index in [1.54, 1.807) is 0 Å². The maximum atomic E-state index is 6.15. The molecule has 0 heterocycles. The van der Waals surface area contributed by atoms with Crippen LogP contribution in [0.5, 0.6) is 0 Å². The maximum Gasteiger partial charge on any atom is 0.0170 e. The Labute approximate surface area is 98.4 Å². The van der Waals surface area contributed by atoms with Gasteiger partial charge in [0.15, 0.2) is 0 Å². The second-order valence-corrected chi connectivity index (χ2v) is 4.96. The van der Waals surface area contributed by atoms with Crippen LogP contribution in [0.1, 0.15) is 24.8 Å². The van der Waals surface area contributed by atoms with Crippen molar-refractivity contribution in [3.8, 4) is 0 Å². The zero-order valence-corrected chi connectivity index (χ0v) is 10.1. The Morgan fingerprint density at radius 2 is 2.00 bits per heavy atom. The molecule has 1 aromatic rings. The quantitative estimate of drug-likeness (QED) is 0.791. The predicted molar refractivity (Wildman–Crippen MR) is 68.4 cm³/mol. The number of hydrogen-bond acceptors (Lipinski definition) is 2. The fraction of sp³-hybridized carbons (Fsp3) is 0.571. The van der Waals surface area contributed by atoms with Crippen molar-refractivity contribution in [2.75, 3.05) is 13.6 Å². The molecule has 2 rings (SSSR count). The topological polar surface area (TPSA) is 29.3 Å². The van der Waals surface area contributed by atoms with Gasteiger partial charge in [-0.2, -0.15) is 0 Å². The van der Waals surface area contributed by atoms with Gasteiger partial charge in [-0.15, -0.1) is 0 Å². The van der Waals surface area contributed by atoms with E-state index in [0.717, 1.165) is 25.4 Å². The molecule has 0 aliphatic heterocycles. The molecule has 1 aromatic carbocycles. The van der Waals surface area contributed by atoms with E-state index in [1.165, 1.54) is 18.4 Å². The van der Waals surface area contributed by atoms with Gasteiger partial charge in [-0.05, 0) is 38.3 Å². The molecule has 2 N–H and O–H groups in total. The molecule has 0 spiro atoms. The largest absolute Gasteiger partial charge is 0.327 e. The van der Waals surface area contributed by atoms with Gasteiger partial charge in [-0.3, -0.25) is 0 Å². The second-order valence-electron chi connectivity index (χ2n) is 4.96. The molecule has 1 unspecified atom stereocenters. The van der Waals surface area contributed by atoms with Crippen LogP contribution in [0.3, 0.4) is 0 Å². The van der Waals surface area contributed by atoms with Crippen molar-refractivity contribution in [2.45, 2.75) is 37.8 Å². The maximum absolute atomic E-state index is 6.15. The van der Waals surface area contributed by atoms with Gasteiger partial charge in [0.05, 0.1) is 0 Å². The first-order chi connectivity index (χ1) is 7.75. The molecule has 1 aliphatic rings. The Morgan fingerprint density at radius 3 is 2.62 bits per heavy atom. The SMILES string of the molecule is CN(CC(N)CCc1ccccc1)C1CC1. The summed E-state index contributed by atoms with van der Waals surface area (Å²) in [7, 11) is 2.19. The van der Waals surface area contributed by atoms with Crippen molar-refractivity contribution in [1.82, 2.24) is 4.90 Å². The minimum atomic E-state index is 0.311. The summed E-state index contributed by atoms with van der Waals surface area (Å²) < 4.78 is 0. The summed E-state index contributed by atoms with van der Waals surface area (Å²) in [5.41, 5.74) is 7.54. The first-order valence-corrected chi connectivity index (χ1v) is 6.25. The standard InChI is InChI=1S/C14H22N2/c1-16(14-9-10-14)11-13(15)8-7-12-5-3-2-4-6-12/h2-6,13-14H,7-11,15H2,1H3. The van der Waals surface area contributed by atoms with E-state index < -0.39 is 0 Å². The highest BCUT2D eigenvalue weighted by atomic mass is 15.2. The lowest BCUT2D eigenvalue weighted by Gasteiger charge is -2.20. The van der Waals surface area contributed by atoms with Crippen LogP contribution in [-0.2, 0) is 6.42 Å². The zero-order valence-electron chi connectivity index (χ0n) is 10.1. The van der Waals surface area contributed by atoms with Crippen molar-refractivity contribution in [3.05, 3.63) is 35.9 Å². The van der Waals surface area contributed by atoms with E-state index >= 15 is 0 Å². The normalized spacial score (nSPS) is 17.7. The third-order valence-corrected chi connectivity index (χ3v) is 3.34. The van der Waals surface area contributed by atoms with E-state index in [2.05, 4.69) is 42.3 Å².